The van der Waals surface area contributed by atoms with E-state index >= 15 is 0 Å². The average molecular weight is 433 g/mol. The normalized spacial score (nSPS) is 12.5. The van der Waals surface area contributed by atoms with Gasteiger partial charge in [-0.05, 0) is 12.8 Å². The third kappa shape index (κ3) is 17.4. The number of nitrogens with zero attached hydrogens (tertiary/aromatic N) is 2. The van der Waals surface area contributed by atoms with Crippen molar-refractivity contribution in [3.05, 3.63) is 18.7 Å². The van der Waals surface area contributed by atoms with Gasteiger partial charge in [-0.2, -0.15) is 0 Å². The molecule has 0 N–H and O–H groups in total. The van der Waals surface area contributed by atoms with E-state index < -0.39 is 0 Å². The Bertz CT molecular complexity index is 440. The van der Waals surface area contributed by atoms with Crippen LogP contribution in [0.25, 0.3) is 0 Å². The molecule has 1 aromatic rings. The van der Waals surface area contributed by atoms with Gasteiger partial charge in [0.25, 0.3) is 0 Å². The van der Waals surface area contributed by atoms with Crippen LogP contribution in [0.15, 0.2) is 18.7 Å². The molecule has 0 saturated carbocycles. The Morgan fingerprint density at radius 3 is 1.19 bits per heavy atom. The first-order valence-electron chi connectivity index (χ1n) is 14.4. The van der Waals surface area contributed by atoms with Crippen LogP contribution < -0.4 is 0 Å². The fourth-order valence-electron chi connectivity index (χ4n) is 4.84. The molecule has 0 radical (unpaired) electrons. The van der Waals surface area contributed by atoms with E-state index in [-0.39, 0.29) is 0 Å². The number of aromatic nitrogens is 2. The van der Waals surface area contributed by atoms with Gasteiger partial charge in [0.15, 0.2) is 0 Å². The van der Waals surface area contributed by atoms with Crippen molar-refractivity contribution >= 4 is 0 Å². The molecule has 2 heteroatoms. The molecule has 0 fully saturated rings. The summed E-state index contributed by atoms with van der Waals surface area (Å²) in [6.07, 6.45) is 38.9. The zero-order valence-electron chi connectivity index (χ0n) is 21.5. The van der Waals surface area contributed by atoms with Crippen LogP contribution in [-0.2, 0) is 0 Å². The first-order valence-corrected chi connectivity index (χ1v) is 14.4. The predicted molar refractivity (Wildman–Crippen MR) is 139 cm³/mol. The molecule has 0 spiro atoms. The highest BCUT2D eigenvalue weighted by molar-refractivity contribution is 4.80. The molecule has 31 heavy (non-hydrogen) atoms. The quantitative estimate of drug-likeness (QED) is 0.148. The Hall–Kier alpha value is -0.790. The van der Waals surface area contributed by atoms with Crippen molar-refractivity contribution < 1.29 is 0 Å². The zero-order valence-corrected chi connectivity index (χ0v) is 21.5. The molecule has 1 atom stereocenters. The highest BCUT2D eigenvalue weighted by Gasteiger charge is 2.10. The van der Waals surface area contributed by atoms with Gasteiger partial charge < -0.3 is 4.57 Å². The molecule has 0 aliphatic heterocycles. The van der Waals surface area contributed by atoms with Crippen LogP contribution in [0.1, 0.15) is 168 Å². The second kappa shape index (κ2) is 22.4. The Balaban J connectivity index is 2.01. The maximum absolute atomic E-state index is 4.31. The molecule has 0 aromatic carbocycles. The lowest BCUT2D eigenvalue weighted by atomic mass is 9.99. The molecule has 0 saturated heterocycles. The van der Waals surface area contributed by atoms with Crippen LogP contribution in [0.3, 0.4) is 0 Å². The summed E-state index contributed by atoms with van der Waals surface area (Å²) in [4.78, 5) is 4.31. The van der Waals surface area contributed by atoms with Crippen LogP contribution in [0, 0.1) is 0 Å². The molecule has 0 bridgehead atoms. The molecular formula is C29H56N2. The van der Waals surface area contributed by atoms with E-state index in [1.165, 1.54) is 148 Å². The van der Waals surface area contributed by atoms with Gasteiger partial charge in [-0.15, -0.1) is 0 Å². The molecule has 1 unspecified atom stereocenters. The van der Waals surface area contributed by atoms with Crippen molar-refractivity contribution in [1.82, 2.24) is 9.55 Å². The molecule has 1 heterocycles. The molecule has 0 aliphatic carbocycles. The summed E-state index contributed by atoms with van der Waals surface area (Å²) in [7, 11) is 0. The minimum atomic E-state index is 0.676. The van der Waals surface area contributed by atoms with Crippen LogP contribution in [0.4, 0.5) is 0 Å². The molecule has 2 nitrogen and oxygen atoms in total. The third-order valence-electron chi connectivity index (χ3n) is 6.98. The summed E-state index contributed by atoms with van der Waals surface area (Å²) in [6, 6.07) is 0.676. The van der Waals surface area contributed by atoms with Gasteiger partial charge in [0.2, 0.25) is 0 Å². The van der Waals surface area contributed by atoms with Gasteiger partial charge in [0.1, 0.15) is 0 Å². The lowest BCUT2D eigenvalue weighted by Crippen LogP contribution is -2.07. The van der Waals surface area contributed by atoms with E-state index in [2.05, 4.69) is 29.6 Å². The third-order valence-corrected chi connectivity index (χ3v) is 6.98. The van der Waals surface area contributed by atoms with Gasteiger partial charge in [0.05, 0.1) is 6.33 Å². The molecule has 1 rings (SSSR count). The minimum absolute atomic E-state index is 0.676. The first-order chi connectivity index (χ1) is 15.4. The van der Waals surface area contributed by atoms with Gasteiger partial charge in [-0.1, -0.05) is 149 Å². The van der Waals surface area contributed by atoms with Crippen LogP contribution in [0.5, 0.6) is 0 Å². The average Bonchev–Trinajstić information content (AvgIpc) is 3.32. The second-order valence-corrected chi connectivity index (χ2v) is 9.96. The van der Waals surface area contributed by atoms with E-state index in [9.17, 15) is 0 Å². The first kappa shape index (κ1) is 28.2. The number of rotatable bonds is 24. The van der Waals surface area contributed by atoms with Crippen molar-refractivity contribution in [3.63, 3.8) is 0 Å². The van der Waals surface area contributed by atoms with E-state index in [0.29, 0.717) is 6.04 Å². The van der Waals surface area contributed by atoms with Crippen molar-refractivity contribution in [2.45, 2.75) is 168 Å². The topological polar surface area (TPSA) is 17.8 Å². The van der Waals surface area contributed by atoms with Gasteiger partial charge in [0, 0.05) is 18.4 Å². The van der Waals surface area contributed by atoms with Crippen molar-refractivity contribution in [3.8, 4) is 0 Å². The SMILES string of the molecule is CCCCCCCCCCCCCC(CCCCCCCCCCCC)n1ccnc1. The number of hydrogen-bond acceptors (Lipinski definition) is 1. The fourth-order valence-corrected chi connectivity index (χ4v) is 4.84. The van der Waals surface area contributed by atoms with Gasteiger partial charge in [-0.25, -0.2) is 4.98 Å². The Kier molecular flexibility index (Phi) is 20.4. The smallest absolute Gasteiger partial charge is 0.0948 e. The van der Waals surface area contributed by atoms with Gasteiger partial charge >= 0.3 is 0 Å². The fraction of sp³-hybridized carbons (Fsp3) is 0.897. The van der Waals surface area contributed by atoms with Crippen LogP contribution in [-0.4, -0.2) is 9.55 Å². The summed E-state index contributed by atoms with van der Waals surface area (Å²) in [5.74, 6) is 0. The van der Waals surface area contributed by atoms with Crippen LogP contribution >= 0.6 is 0 Å². The summed E-state index contributed by atoms with van der Waals surface area (Å²) < 4.78 is 2.38. The molecule has 0 aliphatic rings. The van der Waals surface area contributed by atoms with Crippen molar-refractivity contribution in [2.24, 2.45) is 0 Å². The largest absolute Gasteiger partial charge is 0.334 e. The lowest BCUT2D eigenvalue weighted by Gasteiger charge is -2.18. The minimum Gasteiger partial charge on any atom is -0.334 e. The van der Waals surface area contributed by atoms with E-state index in [0.717, 1.165) is 0 Å². The predicted octanol–water partition coefficient (Wildman–Crippen LogP) is 10.4. The highest BCUT2D eigenvalue weighted by Crippen LogP contribution is 2.24. The number of unbranched alkanes of at least 4 members (excludes halogenated alkanes) is 19. The Labute approximate surface area is 196 Å². The summed E-state index contributed by atoms with van der Waals surface area (Å²) in [5, 5.41) is 0. The van der Waals surface area contributed by atoms with E-state index in [4.69, 9.17) is 0 Å². The number of hydrogen-bond donors (Lipinski definition) is 0. The van der Waals surface area contributed by atoms with E-state index in [1.807, 2.05) is 12.5 Å². The summed E-state index contributed by atoms with van der Waals surface area (Å²) in [5.41, 5.74) is 0. The Morgan fingerprint density at radius 1 is 0.516 bits per heavy atom. The van der Waals surface area contributed by atoms with Crippen molar-refractivity contribution in [1.29, 1.82) is 0 Å². The van der Waals surface area contributed by atoms with E-state index in [1.54, 1.807) is 0 Å². The molecule has 0 amide bonds. The Morgan fingerprint density at radius 2 is 0.871 bits per heavy atom. The number of imidazole rings is 1. The molecule has 1 aromatic heterocycles. The van der Waals surface area contributed by atoms with Crippen molar-refractivity contribution in [2.75, 3.05) is 0 Å². The molecular weight excluding hydrogens is 376 g/mol. The maximum Gasteiger partial charge on any atom is 0.0948 e. The van der Waals surface area contributed by atoms with Crippen LogP contribution in [0.2, 0.25) is 0 Å². The van der Waals surface area contributed by atoms with Gasteiger partial charge in [-0.3, -0.25) is 0 Å². The maximum atomic E-state index is 4.31. The zero-order chi connectivity index (χ0) is 22.2. The standard InChI is InChI=1S/C29H56N2/c1-3-5-7-9-11-13-15-17-19-21-23-25-29(31-27-26-30-28-31)24-22-20-18-16-14-12-10-8-6-4-2/h26-29H,3-25H2,1-2H3. The lowest BCUT2D eigenvalue weighted by molar-refractivity contribution is 0.393. The molecule has 182 valence electrons. The highest BCUT2D eigenvalue weighted by atomic mass is 15.0. The summed E-state index contributed by atoms with van der Waals surface area (Å²) in [6.45, 7) is 4.60. The monoisotopic (exact) mass is 432 g/mol. The second-order valence-electron chi connectivity index (χ2n) is 9.96. The summed E-state index contributed by atoms with van der Waals surface area (Å²) >= 11 is 0.